The van der Waals surface area contributed by atoms with Gasteiger partial charge < -0.3 is 9.80 Å². The van der Waals surface area contributed by atoms with Gasteiger partial charge in [-0.2, -0.15) is 0 Å². The standard InChI is InChI=1S/C12H26N2/c1-5-11-6-7-12(10-11)14(4)9-8-13(2)3/h11-12H,5-10H2,1-4H3/t11-,12+/m1/s1. The van der Waals surface area contributed by atoms with Gasteiger partial charge in [-0.15, -0.1) is 0 Å². The lowest BCUT2D eigenvalue weighted by Crippen LogP contribution is -2.35. The molecule has 14 heavy (non-hydrogen) atoms. The highest BCUT2D eigenvalue weighted by atomic mass is 15.2. The first kappa shape index (κ1) is 12.0. The Balaban J connectivity index is 2.21. The Bertz CT molecular complexity index is 156. The zero-order valence-electron chi connectivity index (χ0n) is 10.3. The Morgan fingerprint density at radius 2 is 1.79 bits per heavy atom. The fourth-order valence-corrected chi connectivity index (χ4v) is 2.36. The monoisotopic (exact) mass is 198 g/mol. The van der Waals surface area contributed by atoms with Crippen LogP contribution in [0.3, 0.4) is 0 Å². The average molecular weight is 198 g/mol. The van der Waals surface area contributed by atoms with Crippen molar-refractivity contribution in [1.82, 2.24) is 9.80 Å². The maximum atomic E-state index is 2.55. The number of hydrogen-bond donors (Lipinski definition) is 0. The van der Waals surface area contributed by atoms with Crippen molar-refractivity contribution in [2.75, 3.05) is 34.2 Å². The van der Waals surface area contributed by atoms with Gasteiger partial charge in [0.05, 0.1) is 0 Å². The molecule has 1 saturated carbocycles. The lowest BCUT2D eigenvalue weighted by molar-refractivity contribution is 0.215. The topological polar surface area (TPSA) is 6.48 Å². The molecule has 84 valence electrons. The molecule has 1 fully saturated rings. The molecule has 0 aromatic heterocycles. The van der Waals surface area contributed by atoms with Gasteiger partial charge in [0.15, 0.2) is 0 Å². The van der Waals surface area contributed by atoms with Crippen LogP contribution in [-0.2, 0) is 0 Å². The maximum absolute atomic E-state index is 2.55. The number of nitrogens with zero attached hydrogens (tertiary/aromatic N) is 2. The number of rotatable bonds is 5. The van der Waals surface area contributed by atoms with Gasteiger partial charge in [-0.1, -0.05) is 13.3 Å². The van der Waals surface area contributed by atoms with Crippen LogP contribution >= 0.6 is 0 Å². The van der Waals surface area contributed by atoms with Crippen molar-refractivity contribution in [3.8, 4) is 0 Å². The zero-order valence-corrected chi connectivity index (χ0v) is 10.3. The van der Waals surface area contributed by atoms with Crippen LogP contribution in [0.2, 0.25) is 0 Å². The van der Waals surface area contributed by atoms with Gasteiger partial charge in [-0.05, 0) is 46.3 Å². The minimum atomic E-state index is 0.861. The molecule has 0 aliphatic heterocycles. The summed E-state index contributed by atoms with van der Waals surface area (Å²) in [6, 6.07) is 0.861. The summed E-state index contributed by atoms with van der Waals surface area (Å²) in [6.07, 6.45) is 5.67. The Morgan fingerprint density at radius 1 is 1.07 bits per heavy atom. The fourth-order valence-electron chi connectivity index (χ4n) is 2.36. The van der Waals surface area contributed by atoms with E-state index in [1.54, 1.807) is 0 Å². The van der Waals surface area contributed by atoms with Gasteiger partial charge in [0, 0.05) is 19.1 Å². The molecule has 2 heteroatoms. The highest BCUT2D eigenvalue weighted by Crippen LogP contribution is 2.30. The van der Waals surface area contributed by atoms with Crippen molar-refractivity contribution in [1.29, 1.82) is 0 Å². The van der Waals surface area contributed by atoms with E-state index in [0.29, 0.717) is 0 Å². The van der Waals surface area contributed by atoms with Crippen LogP contribution in [0.15, 0.2) is 0 Å². The van der Waals surface area contributed by atoms with Crippen molar-refractivity contribution in [2.45, 2.75) is 38.6 Å². The molecule has 0 aromatic carbocycles. The Kier molecular flexibility index (Phi) is 4.90. The fraction of sp³-hybridized carbons (Fsp3) is 1.00. The van der Waals surface area contributed by atoms with Crippen LogP contribution in [0.4, 0.5) is 0 Å². The molecule has 0 unspecified atom stereocenters. The van der Waals surface area contributed by atoms with Gasteiger partial charge in [0.1, 0.15) is 0 Å². The Labute approximate surface area is 89.3 Å². The predicted octanol–water partition coefficient (Wildman–Crippen LogP) is 2.06. The van der Waals surface area contributed by atoms with Gasteiger partial charge in [-0.3, -0.25) is 0 Å². The lowest BCUT2D eigenvalue weighted by Gasteiger charge is -2.25. The van der Waals surface area contributed by atoms with Gasteiger partial charge in [-0.25, -0.2) is 0 Å². The normalized spacial score (nSPS) is 27.9. The zero-order chi connectivity index (χ0) is 10.6. The van der Waals surface area contributed by atoms with Crippen molar-refractivity contribution in [2.24, 2.45) is 5.92 Å². The van der Waals surface area contributed by atoms with Crippen molar-refractivity contribution < 1.29 is 0 Å². The molecule has 0 amide bonds. The van der Waals surface area contributed by atoms with E-state index in [2.05, 4.69) is 37.9 Å². The van der Waals surface area contributed by atoms with Crippen LogP contribution < -0.4 is 0 Å². The molecule has 0 N–H and O–H groups in total. The molecular weight excluding hydrogens is 172 g/mol. The molecule has 0 aromatic rings. The number of likely N-dealkylation sites (N-methyl/N-ethyl adjacent to an activating group) is 2. The Morgan fingerprint density at radius 3 is 2.29 bits per heavy atom. The summed E-state index contributed by atoms with van der Waals surface area (Å²) in [5, 5.41) is 0. The maximum Gasteiger partial charge on any atom is 0.0109 e. The minimum absolute atomic E-state index is 0.861. The molecule has 1 aliphatic rings. The lowest BCUT2D eigenvalue weighted by atomic mass is 10.1. The van der Waals surface area contributed by atoms with Crippen LogP contribution in [-0.4, -0.2) is 50.1 Å². The smallest absolute Gasteiger partial charge is 0.0109 e. The first-order valence-electron chi connectivity index (χ1n) is 5.98. The summed E-state index contributed by atoms with van der Waals surface area (Å²) >= 11 is 0. The average Bonchev–Trinajstić information content (AvgIpc) is 2.62. The summed E-state index contributed by atoms with van der Waals surface area (Å²) in [7, 11) is 6.58. The molecule has 2 nitrogen and oxygen atoms in total. The predicted molar refractivity (Wildman–Crippen MR) is 62.6 cm³/mol. The largest absolute Gasteiger partial charge is 0.308 e. The van der Waals surface area contributed by atoms with Crippen LogP contribution in [0.5, 0.6) is 0 Å². The minimum Gasteiger partial charge on any atom is -0.308 e. The SMILES string of the molecule is CC[C@@H]1CC[C@H](N(C)CCN(C)C)C1. The van der Waals surface area contributed by atoms with E-state index in [9.17, 15) is 0 Å². The van der Waals surface area contributed by atoms with Crippen molar-refractivity contribution >= 4 is 0 Å². The van der Waals surface area contributed by atoms with Gasteiger partial charge in [0.2, 0.25) is 0 Å². The number of hydrogen-bond acceptors (Lipinski definition) is 2. The van der Waals surface area contributed by atoms with Crippen LogP contribution in [0, 0.1) is 5.92 Å². The second-order valence-electron chi connectivity index (χ2n) is 5.03. The molecule has 0 saturated heterocycles. The van der Waals surface area contributed by atoms with Crippen molar-refractivity contribution in [3.05, 3.63) is 0 Å². The highest BCUT2D eigenvalue weighted by molar-refractivity contribution is 4.81. The van der Waals surface area contributed by atoms with E-state index in [4.69, 9.17) is 0 Å². The first-order chi connectivity index (χ1) is 6.63. The van der Waals surface area contributed by atoms with Gasteiger partial charge in [0.25, 0.3) is 0 Å². The van der Waals surface area contributed by atoms with E-state index < -0.39 is 0 Å². The molecule has 0 spiro atoms. The molecule has 2 atom stereocenters. The summed E-state index contributed by atoms with van der Waals surface area (Å²) in [4.78, 5) is 4.82. The third kappa shape index (κ3) is 3.58. The molecule has 1 aliphatic carbocycles. The van der Waals surface area contributed by atoms with Crippen LogP contribution in [0.1, 0.15) is 32.6 Å². The summed E-state index contributed by atoms with van der Waals surface area (Å²) < 4.78 is 0. The third-order valence-corrected chi connectivity index (χ3v) is 3.61. The summed E-state index contributed by atoms with van der Waals surface area (Å²) in [5.74, 6) is 1.00. The molecule has 0 bridgehead atoms. The van der Waals surface area contributed by atoms with Crippen LogP contribution in [0.25, 0.3) is 0 Å². The molecule has 0 heterocycles. The van der Waals surface area contributed by atoms with E-state index in [-0.39, 0.29) is 0 Å². The first-order valence-corrected chi connectivity index (χ1v) is 5.98. The summed E-state index contributed by atoms with van der Waals surface area (Å²) in [5.41, 5.74) is 0. The second-order valence-corrected chi connectivity index (χ2v) is 5.03. The van der Waals surface area contributed by atoms with E-state index in [0.717, 1.165) is 12.0 Å². The molecule has 0 radical (unpaired) electrons. The Hall–Kier alpha value is -0.0800. The summed E-state index contributed by atoms with van der Waals surface area (Å²) in [6.45, 7) is 4.73. The van der Waals surface area contributed by atoms with Gasteiger partial charge >= 0.3 is 0 Å². The second kappa shape index (κ2) is 5.72. The van der Waals surface area contributed by atoms with E-state index in [1.807, 2.05) is 0 Å². The third-order valence-electron chi connectivity index (χ3n) is 3.61. The van der Waals surface area contributed by atoms with E-state index >= 15 is 0 Å². The highest BCUT2D eigenvalue weighted by Gasteiger charge is 2.25. The van der Waals surface area contributed by atoms with Crippen molar-refractivity contribution in [3.63, 3.8) is 0 Å². The quantitative estimate of drug-likeness (QED) is 0.667. The molecular formula is C12H26N2. The molecule has 1 rings (SSSR count). The van der Waals surface area contributed by atoms with E-state index in [1.165, 1.54) is 38.8 Å².